The summed E-state index contributed by atoms with van der Waals surface area (Å²) in [5, 5.41) is 5.49. The number of methoxy groups -OCH3 is 1. The van der Waals surface area contributed by atoms with Crippen LogP contribution in [0.4, 0.5) is 11.4 Å². The number of carbonyl (C=O) groups excluding carboxylic acids is 2. The number of hydrogen-bond donors (Lipinski definition) is 3. The molecule has 0 spiro atoms. The van der Waals surface area contributed by atoms with Gasteiger partial charge in [0.25, 0.3) is 5.91 Å². The quantitative estimate of drug-likeness (QED) is 0.587. The number of nitrogens with one attached hydrogen (secondary N) is 3. The van der Waals surface area contributed by atoms with Crippen LogP contribution in [0.2, 0.25) is 0 Å². The highest BCUT2D eigenvalue weighted by atomic mass is 32.1. The molecule has 0 bridgehead atoms. The van der Waals surface area contributed by atoms with E-state index in [2.05, 4.69) is 15.6 Å². The van der Waals surface area contributed by atoms with Crippen LogP contribution in [0, 0.1) is 4.77 Å². The van der Waals surface area contributed by atoms with Crippen LogP contribution in [-0.4, -0.2) is 28.5 Å². The molecule has 138 valence electrons. The summed E-state index contributed by atoms with van der Waals surface area (Å²) in [5.74, 6) is -0.0812. The Labute approximate surface area is 161 Å². The Balaban J connectivity index is 1.91. The SMILES string of the molecule is COc1ccc(NC(=O)c2c[nH]c(=S)n2-c2ccccc2)cc1NC(C)=O. The molecular formula is C19H18N4O3S. The van der Waals surface area contributed by atoms with Gasteiger partial charge >= 0.3 is 0 Å². The van der Waals surface area contributed by atoms with Crippen LogP contribution >= 0.6 is 12.2 Å². The molecule has 0 saturated carbocycles. The van der Waals surface area contributed by atoms with Crippen molar-refractivity contribution in [3.05, 3.63) is 65.2 Å². The number of aromatic amines is 1. The lowest BCUT2D eigenvalue weighted by molar-refractivity contribution is -0.114. The van der Waals surface area contributed by atoms with Crippen molar-refractivity contribution in [2.75, 3.05) is 17.7 Å². The standard InChI is InChI=1S/C19H18N4O3S/c1-12(24)21-15-10-13(8-9-17(15)26-2)22-18(25)16-11-20-19(27)23(16)14-6-4-3-5-7-14/h3-11H,1-2H3,(H,20,27)(H,21,24)(H,22,25). The fraction of sp³-hybridized carbons (Fsp3) is 0.105. The second-order valence-corrected chi connectivity index (χ2v) is 6.09. The zero-order valence-electron chi connectivity index (χ0n) is 14.8. The van der Waals surface area contributed by atoms with E-state index in [1.165, 1.54) is 14.0 Å². The highest BCUT2D eigenvalue weighted by Crippen LogP contribution is 2.28. The van der Waals surface area contributed by atoms with E-state index in [9.17, 15) is 9.59 Å². The second-order valence-electron chi connectivity index (χ2n) is 5.70. The van der Waals surface area contributed by atoms with Crippen LogP contribution in [0.1, 0.15) is 17.4 Å². The van der Waals surface area contributed by atoms with Gasteiger partial charge in [-0.3, -0.25) is 14.2 Å². The Hall–Kier alpha value is -3.39. The number of nitrogens with zero attached hydrogens (tertiary/aromatic N) is 1. The average Bonchev–Trinajstić information content (AvgIpc) is 3.04. The van der Waals surface area contributed by atoms with Crippen molar-refractivity contribution in [1.82, 2.24) is 9.55 Å². The minimum absolute atomic E-state index is 0.236. The lowest BCUT2D eigenvalue weighted by Gasteiger charge is -2.12. The normalized spacial score (nSPS) is 10.3. The van der Waals surface area contributed by atoms with Gasteiger partial charge in [0.2, 0.25) is 5.91 Å². The number of amides is 2. The van der Waals surface area contributed by atoms with Gasteiger partial charge in [-0.1, -0.05) is 18.2 Å². The Morgan fingerprint density at radius 1 is 1.11 bits per heavy atom. The molecule has 0 saturated heterocycles. The van der Waals surface area contributed by atoms with Crippen LogP contribution in [0.3, 0.4) is 0 Å². The fourth-order valence-electron chi connectivity index (χ4n) is 2.64. The van der Waals surface area contributed by atoms with Crippen molar-refractivity contribution in [1.29, 1.82) is 0 Å². The zero-order valence-corrected chi connectivity index (χ0v) is 15.6. The summed E-state index contributed by atoms with van der Waals surface area (Å²) in [4.78, 5) is 27.1. The average molecular weight is 382 g/mol. The topological polar surface area (TPSA) is 88.2 Å². The van der Waals surface area contributed by atoms with Crippen molar-refractivity contribution < 1.29 is 14.3 Å². The van der Waals surface area contributed by atoms with E-state index >= 15 is 0 Å². The molecule has 0 aliphatic rings. The van der Waals surface area contributed by atoms with Crippen molar-refractivity contribution >= 4 is 35.4 Å². The molecule has 7 nitrogen and oxygen atoms in total. The van der Waals surface area contributed by atoms with Crippen LogP contribution in [0.5, 0.6) is 5.75 Å². The maximum atomic E-state index is 12.8. The van der Waals surface area contributed by atoms with E-state index in [1.54, 1.807) is 29.0 Å². The zero-order chi connectivity index (χ0) is 19.4. The molecule has 0 radical (unpaired) electrons. The molecule has 27 heavy (non-hydrogen) atoms. The predicted octanol–water partition coefficient (Wildman–Crippen LogP) is 3.75. The number of rotatable bonds is 5. The molecule has 2 aromatic carbocycles. The van der Waals surface area contributed by atoms with Crippen LogP contribution in [-0.2, 0) is 4.79 Å². The fourth-order valence-corrected chi connectivity index (χ4v) is 2.90. The number of carbonyl (C=O) groups is 2. The van der Waals surface area contributed by atoms with Gasteiger partial charge in [-0.25, -0.2) is 0 Å². The molecule has 3 aromatic rings. The lowest BCUT2D eigenvalue weighted by atomic mass is 10.2. The van der Waals surface area contributed by atoms with Crippen molar-refractivity contribution in [2.24, 2.45) is 0 Å². The molecule has 0 aliphatic carbocycles. The van der Waals surface area contributed by atoms with E-state index in [-0.39, 0.29) is 11.8 Å². The maximum Gasteiger partial charge on any atom is 0.274 e. The molecule has 1 aromatic heterocycles. The monoisotopic (exact) mass is 382 g/mol. The Morgan fingerprint density at radius 3 is 2.52 bits per heavy atom. The van der Waals surface area contributed by atoms with Gasteiger partial charge in [0.15, 0.2) is 4.77 Å². The molecule has 2 amide bonds. The molecule has 8 heteroatoms. The second kappa shape index (κ2) is 7.88. The van der Waals surface area contributed by atoms with Gasteiger partial charge in [-0.05, 0) is 42.5 Å². The Morgan fingerprint density at radius 2 is 1.85 bits per heavy atom. The number of ether oxygens (including phenoxy) is 1. The van der Waals surface area contributed by atoms with Crippen LogP contribution in [0.15, 0.2) is 54.7 Å². The number of para-hydroxylation sites is 1. The van der Waals surface area contributed by atoms with Gasteiger partial charge in [-0.2, -0.15) is 0 Å². The molecule has 0 aliphatic heterocycles. The maximum absolute atomic E-state index is 12.8. The summed E-state index contributed by atoms with van der Waals surface area (Å²) >= 11 is 5.30. The van der Waals surface area contributed by atoms with Crippen LogP contribution in [0.25, 0.3) is 5.69 Å². The van der Waals surface area contributed by atoms with Crippen molar-refractivity contribution in [3.8, 4) is 11.4 Å². The molecular weight excluding hydrogens is 364 g/mol. The van der Waals surface area contributed by atoms with Gasteiger partial charge < -0.3 is 20.4 Å². The van der Waals surface area contributed by atoms with Gasteiger partial charge in [0.05, 0.1) is 12.8 Å². The number of aromatic nitrogens is 2. The summed E-state index contributed by atoms with van der Waals surface area (Å²) in [7, 11) is 1.51. The first kappa shape index (κ1) is 18.4. The Bertz CT molecular complexity index is 1040. The molecule has 3 N–H and O–H groups in total. The first-order valence-corrected chi connectivity index (χ1v) is 8.53. The van der Waals surface area contributed by atoms with Crippen molar-refractivity contribution in [2.45, 2.75) is 6.92 Å². The van der Waals surface area contributed by atoms with E-state index in [1.807, 2.05) is 30.3 Å². The van der Waals surface area contributed by atoms with Gasteiger partial charge in [0.1, 0.15) is 11.4 Å². The predicted molar refractivity (Wildman–Crippen MR) is 106 cm³/mol. The summed E-state index contributed by atoms with van der Waals surface area (Å²) in [5.41, 5.74) is 2.12. The van der Waals surface area contributed by atoms with E-state index < -0.39 is 0 Å². The van der Waals surface area contributed by atoms with Crippen LogP contribution < -0.4 is 15.4 Å². The highest BCUT2D eigenvalue weighted by Gasteiger charge is 2.15. The van der Waals surface area contributed by atoms with Crippen molar-refractivity contribution in [3.63, 3.8) is 0 Å². The number of hydrogen-bond acceptors (Lipinski definition) is 4. The molecule has 0 atom stereocenters. The summed E-state index contributed by atoms with van der Waals surface area (Å²) < 4.78 is 7.29. The lowest BCUT2D eigenvalue weighted by Crippen LogP contribution is -2.17. The number of anilines is 2. The first-order valence-electron chi connectivity index (χ1n) is 8.12. The number of imidazole rings is 1. The third kappa shape index (κ3) is 4.06. The minimum atomic E-state index is -0.342. The smallest absolute Gasteiger partial charge is 0.274 e. The number of H-pyrrole nitrogens is 1. The summed E-state index contributed by atoms with van der Waals surface area (Å²) in [6.45, 7) is 1.40. The third-order valence-corrected chi connectivity index (χ3v) is 4.09. The minimum Gasteiger partial charge on any atom is -0.495 e. The van der Waals surface area contributed by atoms with E-state index in [0.29, 0.717) is 27.6 Å². The van der Waals surface area contributed by atoms with Gasteiger partial charge in [0, 0.05) is 24.5 Å². The third-order valence-electron chi connectivity index (χ3n) is 3.79. The Kier molecular flexibility index (Phi) is 5.37. The number of benzene rings is 2. The largest absolute Gasteiger partial charge is 0.495 e. The molecule has 1 heterocycles. The van der Waals surface area contributed by atoms with Gasteiger partial charge in [-0.15, -0.1) is 0 Å². The van der Waals surface area contributed by atoms with E-state index in [0.717, 1.165) is 5.69 Å². The highest BCUT2D eigenvalue weighted by molar-refractivity contribution is 7.71. The van der Waals surface area contributed by atoms with E-state index in [4.69, 9.17) is 17.0 Å². The molecule has 0 fully saturated rings. The first-order chi connectivity index (χ1) is 13.0. The summed E-state index contributed by atoms with van der Waals surface area (Å²) in [6.07, 6.45) is 1.56. The summed E-state index contributed by atoms with van der Waals surface area (Å²) in [6, 6.07) is 14.3. The molecule has 3 rings (SSSR count). The molecule has 0 unspecified atom stereocenters.